The van der Waals surface area contributed by atoms with Gasteiger partial charge in [0.2, 0.25) is 0 Å². The van der Waals surface area contributed by atoms with Crippen molar-refractivity contribution >= 4 is 5.69 Å². The van der Waals surface area contributed by atoms with Crippen LogP contribution in [0.1, 0.15) is 30.4 Å². The van der Waals surface area contributed by atoms with Crippen molar-refractivity contribution < 1.29 is 4.92 Å². The molecule has 16 heavy (non-hydrogen) atoms. The lowest BCUT2D eigenvalue weighted by molar-refractivity contribution is -0.386. The normalized spacial score (nSPS) is 17.9. The van der Waals surface area contributed by atoms with Crippen molar-refractivity contribution in [1.82, 2.24) is 0 Å². The van der Waals surface area contributed by atoms with Crippen LogP contribution in [0.25, 0.3) is 0 Å². The van der Waals surface area contributed by atoms with Crippen molar-refractivity contribution in [2.24, 2.45) is 5.73 Å². The molecule has 0 spiro atoms. The van der Waals surface area contributed by atoms with Crippen LogP contribution < -0.4 is 5.73 Å². The fourth-order valence-electron chi connectivity index (χ4n) is 2.65. The number of nitro benzene ring substituents is 1. The number of nitrogens with zero attached hydrogens (tertiary/aromatic N) is 1. The summed E-state index contributed by atoms with van der Waals surface area (Å²) >= 11 is 0. The predicted molar refractivity (Wildman–Crippen MR) is 62.4 cm³/mol. The molecular formula is C12H16N2O2. The van der Waals surface area contributed by atoms with Gasteiger partial charge in [0.05, 0.1) is 4.92 Å². The monoisotopic (exact) mass is 220 g/mol. The molecule has 0 unspecified atom stereocenters. The molecule has 0 saturated heterocycles. The standard InChI is InChI=1S/C12H16N2O2/c1-9-4-2-5-10(14(15)16)11(9)12(8-13)6-3-7-12/h2,4-5H,3,6-8,13H2,1H3. The zero-order chi connectivity index (χ0) is 11.8. The summed E-state index contributed by atoms with van der Waals surface area (Å²) in [7, 11) is 0. The molecular weight excluding hydrogens is 204 g/mol. The molecule has 1 saturated carbocycles. The second-order valence-electron chi connectivity index (χ2n) is 4.56. The van der Waals surface area contributed by atoms with Crippen molar-refractivity contribution in [1.29, 1.82) is 0 Å². The van der Waals surface area contributed by atoms with E-state index in [1.807, 2.05) is 13.0 Å². The Hall–Kier alpha value is -1.42. The predicted octanol–water partition coefficient (Wildman–Crippen LogP) is 2.28. The summed E-state index contributed by atoms with van der Waals surface area (Å²) in [5, 5.41) is 11.0. The van der Waals surface area contributed by atoms with Crippen LogP contribution in [0.4, 0.5) is 5.69 Å². The van der Waals surface area contributed by atoms with E-state index in [2.05, 4.69) is 0 Å². The zero-order valence-electron chi connectivity index (χ0n) is 9.40. The fourth-order valence-corrected chi connectivity index (χ4v) is 2.65. The van der Waals surface area contributed by atoms with Crippen molar-refractivity contribution in [3.8, 4) is 0 Å². The van der Waals surface area contributed by atoms with Gasteiger partial charge in [-0.2, -0.15) is 0 Å². The summed E-state index contributed by atoms with van der Waals surface area (Å²) < 4.78 is 0. The molecule has 1 aliphatic carbocycles. The van der Waals surface area contributed by atoms with Crippen molar-refractivity contribution in [2.45, 2.75) is 31.6 Å². The summed E-state index contributed by atoms with van der Waals surface area (Å²) in [5.41, 5.74) is 7.74. The smallest absolute Gasteiger partial charge is 0.273 e. The molecule has 1 aliphatic rings. The Morgan fingerprint density at radius 2 is 2.19 bits per heavy atom. The van der Waals surface area contributed by atoms with Crippen LogP contribution in [0.2, 0.25) is 0 Å². The number of rotatable bonds is 3. The highest BCUT2D eigenvalue weighted by atomic mass is 16.6. The van der Waals surface area contributed by atoms with Crippen LogP contribution in [-0.2, 0) is 5.41 Å². The molecule has 0 radical (unpaired) electrons. The SMILES string of the molecule is Cc1cccc([N+](=O)[O-])c1C1(CN)CCC1. The summed E-state index contributed by atoms with van der Waals surface area (Å²) in [6.45, 7) is 2.43. The van der Waals surface area contributed by atoms with Gasteiger partial charge in [0.15, 0.2) is 0 Å². The first-order chi connectivity index (χ1) is 7.60. The van der Waals surface area contributed by atoms with E-state index in [4.69, 9.17) is 5.73 Å². The van der Waals surface area contributed by atoms with Gasteiger partial charge in [-0.15, -0.1) is 0 Å². The Bertz CT molecular complexity index is 420. The number of hydrogen-bond donors (Lipinski definition) is 1. The molecule has 0 atom stereocenters. The van der Waals surface area contributed by atoms with E-state index in [1.54, 1.807) is 12.1 Å². The zero-order valence-corrected chi connectivity index (χ0v) is 9.40. The van der Waals surface area contributed by atoms with E-state index in [1.165, 1.54) is 0 Å². The van der Waals surface area contributed by atoms with Crippen LogP contribution in [0, 0.1) is 17.0 Å². The first-order valence-corrected chi connectivity index (χ1v) is 5.55. The number of aryl methyl sites for hydroxylation is 1. The summed E-state index contributed by atoms with van der Waals surface area (Å²) in [5.74, 6) is 0. The Kier molecular flexibility index (Phi) is 2.68. The average molecular weight is 220 g/mol. The molecule has 0 aliphatic heterocycles. The molecule has 4 heteroatoms. The largest absolute Gasteiger partial charge is 0.330 e. The van der Waals surface area contributed by atoms with Crippen molar-refractivity contribution in [3.63, 3.8) is 0 Å². The molecule has 0 heterocycles. The molecule has 1 aromatic carbocycles. The number of hydrogen-bond acceptors (Lipinski definition) is 3. The summed E-state index contributed by atoms with van der Waals surface area (Å²) in [6, 6.07) is 5.25. The van der Waals surface area contributed by atoms with Crippen LogP contribution >= 0.6 is 0 Å². The molecule has 1 aromatic rings. The maximum atomic E-state index is 11.0. The number of nitrogens with two attached hydrogens (primary N) is 1. The Morgan fingerprint density at radius 1 is 1.50 bits per heavy atom. The third-order valence-corrected chi connectivity index (χ3v) is 3.68. The van der Waals surface area contributed by atoms with Gasteiger partial charge in [-0.3, -0.25) is 10.1 Å². The first-order valence-electron chi connectivity index (χ1n) is 5.55. The lowest BCUT2D eigenvalue weighted by Gasteiger charge is -2.41. The highest BCUT2D eigenvalue weighted by Crippen LogP contribution is 2.47. The molecule has 0 amide bonds. The maximum absolute atomic E-state index is 11.0. The molecule has 1 fully saturated rings. The Morgan fingerprint density at radius 3 is 2.62 bits per heavy atom. The van der Waals surface area contributed by atoms with Crippen LogP contribution in [0.3, 0.4) is 0 Å². The van der Waals surface area contributed by atoms with E-state index in [9.17, 15) is 10.1 Å². The fraction of sp³-hybridized carbons (Fsp3) is 0.500. The molecule has 2 N–H and O–H groups in total. The molecule has 0 bridgehead atoms. The molecule has 2 rings (SSSR count). The third-order valence-electron chi connectivity index (χ3n) is 3.68. The van der Waals surface area contributed by atoms with Gasteiger partial charge in [0.1, 0.15) is 0 Å². The third kappa shape index (κ3) is 1.50. The minimum Gasteiger partial charge on any atom is -0.330 e. The van der Waals surface area contributed by atoms with Gasteiger partial charge in [0, 0.05) is 23.6 Å². The topological polar surface area (TPSA) is 69.2 Å². The van der Waals surface area contributed by atoms with Crippen LogP contribution in [-0.4, -0.2) is 11.5 Å². The molecule has 4 nitrogen and oxygen atoms in total. The maximum Gasteiger partial charge on any atom is 0.273 e. The number of benzene rings is 1. The first kappa shape index (κ1) is 11.1. The highest BCUT2D eigenvalue weighted by Gasteiger charge is 2.42. The minimum atomic E-state index is -0.294. The second-order valence-corrected chi connectivity index (χ2v) is 4.56. The van der Waals surface area contributed by atoms with Crippen molar-refractivity contribution in [3.05, 3.63) is 39.4 Å². The van der Waals surface area contributed by atoms with E-state index >= 15 is 0 Å². The van der Waals surface area contributed by atoms with Gasteiger partial charge < -0.3 is 5.73 Å². The van der Waals surface area contributed by atoms with Gasteiger partial charge in [-0.05, 0) is 25.3 Å². The molecule has 0 aromatic heterocycles. The molecule has 86 valence electrons. The average Bonchev–Trinajstić information content (AvgIpc) is 2.19. The lowest BCUT2D eigenvalue weighted by Crippen LogP contribution is -2.42. The van der Waals surface area contributed by atoms with E-state index in [0.29, 0.717) is 6.54 Å². The van der Waals surface area contributed by atoms with Gasteiger partial charge in [0.25, 0.3) is 5.69 Å². The van der Waals surface area contributed by atoms with Crippen molar-refractivity contribution in [2.75, 3.05) is 6.54 Å². The second kappa shape index (κ2) is 3.87. The highest BCUT2D eigenvalue weighted by molar-refractivity contribution is 5.51. The van der Waals surface area contributed by atoms with Crippen LogP contribution in [0.15, 0.2) is 18.2 Å². The Balaban J connectivity index is 2.57. The van der Waals surface area contributed by atoms with E-state index in [0.717, 1.165) is 30.4 Å². The summed E-state index contributed by atoms with van der Waals surface area (Å²) in [4.78, 5) is 10.7. The van der Waals surface area contributed by atoms with Gasteiger partial charge in [-0.25, -0.2) is 0 Å². The van der Waals surface area contributed by atoms with Gasteiger partial charge in [-0.1, -0.05) is 18.6 Å². The van der Waals surface area contributed by atoms with E-state index in [-0.39, 0.29) is 16.0 Å². The quantitative estimate of drug-likeness (QED) is 0.627. The minimum absolute atomic E-state index is 0.145. The lowest BCUT2D eigenvalue weighted by atomic mass is 9.63. The number of nitro groups is 1. The summed E-state index contributed by atoms with van der Waals surface area (Å²) in [6.07, 6.45) is 3.05. The Labute approximate surface area is 94.6 Å². The van der Waals surface area contributed by atoms with Gasteiger partial charge >= 0.3 is 0 Å². The van der Waals surface area contributed by atoms with Crippen LogP contribution in [0.5, 0.6) is 0 Å². The van der Waals surface area contributed by atoms with E-state index < -0.39 is 0 Å².